The van der Waals surface area contributed by atoms with Crippen LogP contribution in [0.25, 0.3) is 11.0 Å². The number of carbonyl (C=O) groups excluding carboxylic acids is 1. The Bertz CT molecular complexity index is 1160. The molecule has 3 aromatic rings. The molecule has 5 heterocycles. The Morgan fingerprint density at radius 2 is 2.15 bits per heavy atom. The van der Waals surface area contributed by atoms with Crippen molar-refractivity contribution in [2.75, 3.05) is 49.3 Å². The van der Waals surface area contributed by atoms with Crippen LogP contribution in [-0.4, -0.2) is 65.9 Å². The number of hydrogen-bond acceptors (Lipinski definition) is 9. The van der Waals surface area contributed by atoms with Gasteiger partial charge in [0.2, 0.25) is 11.8 Å². The number of hydrogen-bond donors (Lipinski definition) is 3. The van der Waals surface area contributed by atoms with Gasteiger partial charge in [0.1, 0.15) is 11.3 Å². The summed E-state index contributed by atoms with van der Waals surface area (Å²) >= 11 is 1.53. The second-order valence-electron chi connectivity index (χ2n) is 8.10. The Hall–Kier alpha value is -2.95. The standard InChI is InChI=1S/C23H27N7O2S/c1-32-21-5-3-17-22(29-21)18(6-8-26-17)30-11-7-16(13-30)25-10-9-24-12-15-2-4-19-23(27-15)28-20(31)14-33-19/h2-6,8,16,24-25H,7,9-14H2,1H3,(H,27,28,31). The Morgan fingerprint density at radius 3 is 3.06 bits per heavy atom. The average Bonchev–Trinajstić information content (AvgIpc) is 3.31. The van der Waals surface area contributed by atoms with Crippen molar-refractivity contribution in [1.82, 2.24) is 25.6 Å². The van der Waals surface area contributed by atoms with Crippen LogP contribution in [0.3, 0.4) is 0 Å². The van der Waals surface area contributed by atoms with Crippen LogP contribution in [0, 0.1) is 0 Å². The van der Waals surface area contributed by atoms with Crippen molar-refractivity contribution >= 4 is 40.2 Å². The van der Waals surface area contributed by atoms with E-state index in [1.54, 1.807) is 7.11 Å². The maximum Gasteiger partial charge on any atom is 0.235 e. The average molecular weight is 466 g/mol. The zero-order valence-electron chi connectivity index (χ0n) is 18.5. The maximum atomic E-state index is 11.6. The predicted molar refractivity (Wildman–Crippen MR) is 130 cm³/mol. The molecular weight excluding hydrogens is 438 g/mol. The van der Waals surface area contributed by atoms with Gasteiger partial charge in [-0.2, -0.15) is 0 Å². The Kier molecular flexibility index (Phi) is 6.56. The van der Waals surface area contributed by atoms with Crippen molar-refractivity contribution < 1.29 is 9.53 Å². The smallest absolute Gasteiger partial charge is 0.235 e. The first-order chi connectivity index (χ1) is 16.2. The SMILES string of the molecule is COc1ccc2nccc(N3CCC(NCCNCc4ccc5c(n4)NC(=O)CS5)C3)c2n1. The number of thioether (sulfide) groups is 1. The number of ether oxygens (including phenoxy) is 1. The Labute approximate surface area is 196 Å². The van der Waals surface area contributed by atoms with Gasteiger partial charge in [0.05, 0.1) is 34.7 Å². The minimum atomic E-state index is 0.00889. The second-order valence-corrected chi connectivity index (χ2v) is 9.12. The summed E-state index contributed by atoms with van der Waals surface area (Å²) in [6.07, 6.45) is 2.92. The quantitative estimate of drug-likeness (QED) is 0.431. The van der Waals surface area contributed by atoms with E-state index in [2.05, 4.69) is 35.8 Å². The summed E-state index contributed by atoms with van der Waals surface area (Å²) in [5, 5.41) is 9.92. The molecule has 2 aliphatic heterocycles. The molecule has 2 aliphatic rings. The molecule has 1 saturated heterocycles. The highest BCUT2D eigenvalue weighted by Gasteiger charge is 2.24. The molecular formula is C23H27N7O2S. The van der Waals surface area contributed by atoms with Crippen LogP contribution in [0.4, 0.5) is 11.5 Å². The molecule has 0 radical (unpaired) electrons. The molecule has 0 spiro atoms. The van der Waals surface area contributed by atoms with E-state index in [1.807, 2.05) is 36.5 Å². The highest BCUT2D eigenvalue weighted by Crippen LogP contribution is 2.30. The number of carbonyl (C=O) groups is 1. The normalized spacial score (nSPS) is 17.8. The number of amides is 1. The number of pyridine rings is 3. The fraction of sp³-hybridized carbons (Fsp3) is 0.391. The second kappa shape index (κ2) is 9.90. The number of fused-ring (bicyclic) bond motifs is 2. The monoisotopic (exact) mass is 465 g/mol. The van der Waals surface area contributed by atoms with Crippen LogP contribution in [0.1, 0.15) is 12.1 Å². The van der Waals surface area contributed by atoms with Gasteiger partial charge in [-0.1, -0.05) is 0 Å². The molecule has 33 heavy (non-hydrogen) atoms. The van der Waals surface area contributed by atoms with Crippen LogP contribution in [0.5, 0.6) is 5.88 Å². The van der Waals surface area contributed by atoms with Crippen molar-refractivity contribution in [3.8, 4) is 5.88 Å². The van der Waals surface area contributed by atoms with Gasteiger partial charge in [-0.3, -0.25) is 9.78 Å². The summed E-state index contributed by atoms with van der Waals surface area (Å²) in [5.74, 6) is 1.75. The van der Waals surface area contributed by atoms with Crippen molar-refractivity contribution in [2.24, 2.45) is 0 Å². The summed E-state index contributed by atoms with van der Waals surface area (Å²) in [7, 11) is 1.63. The van der Waals surface area contributed by atoms with Crippen LogP contribution < -0.4 is 25.6 Å². The van der Waals surface area contributed by atoms with Crippen LogP contribution in [-0.2, 0) is 11.3 Å². The molecule has 9 nitrogen and oxygen atoms in total. The van der Waals surface area contributed by atoms with Gasteiger partial charge in [0.25, 0.3) is 0 Å². The number of methoxy groups -OCH3 is 1. The van der Waals surface area contributed by atoms with Gasteiger partial charge >= 0.3 is 0 Å². The van der Waals surface area contributed by atoms with Crippen molar-refractivity contribution in [2.45, 2.75) is 23.9 Å². The maximum absolute atomic E-state index is 11.6. The lowest BCUT2D eigenvalue weighted by molar-refractivity contribution is -0.113. The molecule has 3 N–H and O–H groups in total. The van der Waals surface area contributed by atoms with E-state index >= 15 is 0 Å². The number of aromatic nitrogens is 3. The third-order valence-corrected chi connectivity index (χ3v) is 6.90. The van der Waals surface area contributed by atoms with E-state index in [0.717, 1.165) is 59.9 Å². The van der Waals surface area contributed by atoms with Gasteiger partial charge < -0.3 is 25.6 Å². The summed E-state index contributed by atoms with van der Waals surface area (Å²) in [5.41, 5.74) is 3.79. The molecule has 0 saturated carbocycles. The van der Waals surface area contributed by atoms with Gasteiger partial charge in [0.15, 0.2) is 0 Å². The number of rotatable bonds is 8. The van der Waals surface area contributed by atoms with E-state index < -0.39 is 0 Å². The summed E-state index contributed by atoms with van der Waals surface area (Å²) in [6.45, 7) is 4.29. The highest BCUT2D eigenvalue weighted by atomic mass is 32.2. The van der Waals surface area contributed by atoms with Crippen LogP contribution in [0.2, 0.25) is 0 Å². The molecule has 0 aromatic carbocycles. The van der Waals surface area contributed by atoms with Crippen molar-refractivity contribution in [1.29, 1.82) is 0 Å². The van der Waals surface area contributed by atoms with E-state index in [0.29, 0.717) is 30.0 Å². The minimum Gasteiger partial charge on any atom is -0.481 e. The number of nitrogens with zero attached hydrogens (tertiary/aromatic N) is 4. The molecule has 0 aliphatic carbocycles. The van der Waals surface area contributed by atoms with Gasteiger partial charge in [0, 0.05) is 51.0 Å². The lowest BCUT2D eigenvalue weighted by atomic mass is 10.2. The fourth-order valence-corrected chi connectivity index (χ4v) is 4.95. The summed E-state index contributed by atoms with van der Waals surface area (Å²) in [4.78, 5) is 28.6. The minimum absolute atomic E-state index is 0.00889. The third kappa shape index (κ3) is 5.02. The number of nitrogens with one attached hydrogen (secondary N) is 3. The van der Waals surface area contributed by atoms with E-state index in [9.17, 15) is 4.79 Å². The topological polar surface area (TPSA) is 104 Å². The van der Waals surface area contributed by atoms with Crippen LogP contribution >= 0.6 is 11.8 Å². The van der Waals surface area contributed by atoms with Gasteiger partial charge in [-0.05, 0) is 30.7 Å². The molecule has 172 valence electrons. The first-order valence-electron chi connectivity index (χ1n) is 11.1. The number of anilines is 2. The molecule has 5 rings (SSSR count). The van der Waals surface area contributed by atoms with Gasteiger partial charge in [-0.25, -0.2) is 9.97 Å². The zero-order valence-corrected chi connectivity index (χ0v) is 19.3. The molecule has 3 aromatic heterocycles. The van der Waals surface area contributed by atoms with E-state index in [-0.39, 0.29) is 5.91 Å². The zero-order chi connectivity index (χ0) is 22.6. The summed E-state index contributed by atoms with van der Waals surface area (Å²) in [6, 6.07) is 10.3. The Balaban J connectivity index is 1.10. The fourth-order valence-electron chi connectivity index (χ4n) is 4.19. The molecule has 1 fully saturated rings. The first-order valence-corrected chi connectivity index (χ1v) is 12.1. The Morgan fingerprint density at radius 1 is 1.21 bits per heavy atom. The van der Waals surface area contributed by atoms with E-state index in [1.165, 1.54) is 11.8 Å². The van der Waals surface area contributed by atoms with Crippen molar-refractivity contribution in [3.63, 3.8) is 0 Å². The van der Waals surface area contributed by atoms with Crippen LogP contribution in [0.15, 0.2) is 41.4 Å². The summed E-state index contributed by atoms with van der Waals surface area (Å²) < 4.78 is 5.30. The lowest BCUT2D eigenvalue weighted by Gasteiger charge is -2.20. The molecule has 1 amide bonds. The van der Waals surface area contributed by atoms with Crippen molar-refractivity contribution in [3.05, 3.63) is 42.2 Å². The van der Waals surface area contributed by atoms with E-state index in [4.69, 9.17) is 4.74 Å². The van der Waals surface area contributed by atoms with Gasteiger partial charge in [-0.15, -0.1) is 11.8 Å². The molecule has 1 atom stereocenters. The molecule has 10 heteroatoms. The molecule has 0 bridgehead atoms. The first kappa shape index (κ1) is 21.9. The highest BCUT2D eigenvalue weighted by molar-refractivity contribution is 8.00. The third-order valence-electron chi connectivity index (χ3n) is 5.85. The predicted octanol–water partition coefficient (Wildman–Crippen LogP) is 2.04. The largest absolute Gasteiger partial charge is 0.481 e. The lowest BCUT2D eigenvalue weighted by Crippen LogP contribution is -2.37. The molecule has 1 unspecified atom stereocenters.